The molecule has 0 aromatic heterocycles. The highest BCUT2D eigenvalue weighted by Gasteiger charge is 2.34. The minimum absolute atomic E-state index is 0.167. The second-order valence-corrected chi connectivity index (χ2v) is 6.13. The number of aliphatic hydroxyl groups excluding tert-OH is 1. The number of aliphatic hydroxyl groups is 1. The second kappa shape index (κ2) is 6.58. The summed E-state index contributed by atoms with van der Waals surface area (Å²) in [4.78, 5) is 28.2. The highest BCUT2D eigenvalue weighted by molar-refractivity contribution is 6.21. The van der Waals surface area contributed by atoms with Crippen molar-refractivity contribution >= 4 is 11.8 Å². The molecule has 5 heteroatoms. The van der Waals surface area contributed by atoms with Crippen LogP contribution in [0.5, 0.6) is 0 Å². The number of hydrogen-bond acceptors (Lipinski definition) is 4. The minimum Gasteiger partial charge on any atom is -0.396 e. The summed E-state index contributed by atoms with van der Waals surface area (Å²) < 4.78 is 0. The number of amides is 2. The molecule has 2 aliphatic rings. The molecule has 0 saturated carbocycles. The Morgan fingerprint density at radius 1 is 1.00 bits per heavy atom. The van der Waals surface area contributed by atoms with Crippen LogP contribution in [0.3, 0.4) is 0 Å². The van der Waals surface area contributed by atoms with E-state index in [4.69, 9.17) is 5.11 Å². The molecule has 3 rings (SSSR count). The predicted molar refractivity (Wildman–Crippen MR) is 82.7 cm³/mol. The van der Waals surface area contributed by atoms with Gasteiger partial charge in [-0.1, -0.05) is 12.1 Å². The number of piperidine rings is 1. The third kappa shape index (κ3) is 2.91. The summed E-state index contributed by atoms with van der Waals surface area (Å²) in [7, 11) is 0. The van der Waals surface area contributed by atoms with E-state index in [1.165, 1.54) is 4.90 Å². The Hall–Kier alpha value is -1.72. The molecule has 1 fully saturated rings. The van der Waals surface area contributed by atoms with Gasteiger partial charge in [-0.25, -0.2) is 0 Å². The van der Waals surface area contributed by atoms with Gasteiger partial charge in [0.1, 0.15) is 0 Å². The molecule has 0 atom stereocenters. The highest BCUT2D eigenvalue weighted by atomic mass is 16.3. The number of rotatable bonds is 5. The topological polar surface area (TPSA) is 60.9 Å². The lowest BCUT2D eigenvalue weighted by molar-refractivity contribution is 0.0641. The Morgan fingerprint density at radius 3 is 2.14 bits per heavy atom. The quantitative estimate of drug-likeness (QED) is 0.835. The lowest BCUT2D eigenvalue weighted by Gasteiger charge is -2.31. The molecule has 0 spiro atoms. The molecule has 0 radical (unpaired) electrons. The van der Waals surface area contributed by atoms with E-state index in [0.717, 1.165) is 38.9 Å². The Kier molecular flexibility index (Phi) is 4.55. The Morgan fingerprint density at radius 2 is 1.59 bits per heavy atom. The Bertz CT molecular complexity index is 530. The van der Waals surface area contributed by atoms with Crippen molar-refractivity contribution in [2.45, 2.75) is 19.3 Å². The summed E-state index contributed by atoms with van der Waals surface area (Å²) in [6, 6.07) is 7.02. The smallest absolute Gasteiger partial charge is 0.261 e. The molecule has 118 valence electrons. The van der Waals surface area contributed by atoms with Crippen LogP contribution in [0.4, 0.5) is 0 Å². The number of benzene rings is 1. The molecule has 1 saturated heterocycles. The zero-order valence-corrected chi connectivity index (χ0v) is 12.7. The van der Waals surface area contributed by atoms with Crippen LogP contribution in [-0.2, 0) is 0 Å². The van der Waals surface area contributed by atoms with E-state index in [9.17, 15) is 9.59 Å². The van der Waals surface area contributed by atoms with Crippen LogP contribution in [0.15, 0.2) is 24.3 Å². The fraction of sp³-hybridized carbons (Fsp3) is 0.529. The first-order valence-electron chi connectivity index (χ1n) is 7.99. The van der Waals surface area contributed by atoms with Gasteiger partial charge in [0.2, 0.25) is 0 Å². The SMILES string of the molecule is O=C1c2ccccc2C(=O)N1CCCN1CCC(CO)CC1. The molecule has 2 amide bonds. The van der Waals surface area contributed by atoms with Gasteiger partial charge in [0.05, 0.1) is 11.1 Å². The average molecular weight is 302 g/mol. The van der Waals surface area contributed by atoms with E-state index >= 15 is 0 Å². The third-order valence-corrected chi connectivity index (χ3v) is 4.70. The van der Waals surface area contributed by atoms with Crippen LogP contribution >= 0.6 is 0 Å². The minimum atomic E-state index is -0.167. The van der Waals surface area contributed by atoms with Crippen molar-refractivity contribution in [2.75, 3.05) is 32.8 Å². The lowest BCUT2D eigenvalue weighted by Crippen LogP contribution is -2.37. The summed E-state index contributed by atoms with van der Waals surface area (Å²) in [5.41, 5.74) is 1.05. The van der Waals surface area contributed by atoms with Crippen LogP contribution < -0.4 is 0 Å². The van der Waals surface area contributed by atoms with Gasteiger partial charge in [-0.2, -0.15) is 0 Å². The van der Waals surface area contributed by atoms with Crippen molar-refractivity contribution in [3.8, 4) is 0 Å². The van der Waals surface area contributed by atoms with E-state index in [1.807, 2.05) is 0 Å². The largest absolute Gasteiger partial charge is 0.396 e. The molecule has 1 aromatic rings. The van der Waals surface area contributed by atoms with E-state index in [-0.39, 0.29) is 18.4 Å². The number of nitrogens with zero attached hydrogens (tertiary/aromatic N) is 2. The monoisotopic (exact) mass is 302 g/mol. The number of carbonyl (C=O) groups excluding carboxylic acids is 2. The normalized spacial score (nSPS) is 19.8. The van der Waals surface area contributed by atoms with Crippen molar-refractivity contribution in [1.82, 2.24) is 9.80 Å². The molecular formula is C17H22N2O3. The number of carbonyl (C=O) groups is 2. The first-order valence-corrected chi connectivity index (χ1v) is 7.99. The van der Waals surface area contributed by atoms with Crippen LogP contribution in [0.1, 0.15) is 40.0 Å². The van der Waals surface area contributed by atoms with Crippen molar-refractivity contribution in [2.24, 2.45) is 5.92 Å². The van der Waals surface area contributed by atoms with E-state index in [2.05, 4.69) is 4.90 Å². The number of imide groups is 1. The Balaban J connectivity index is 1.49. The maximum atomic E-state index is 12.2. The molecule has 0 bridgehead atoms. The standard InChI is InChI=1S/C17H22N2O3/c20-12-13-6-10-18(11-7-13)8-3-9-19-16(21)14-4-1-2-5-15(14)17(19)22/h1-2,4-5,13,20H,3,6-12H2. The molecule has 22 heavy (non-hydrogen) atoms. The van der Waals surface area contributed by atoms with Gasteiger partial charge in [0.15, 0.2) is 0 Å². The number of likely N-dealkylation sites (tertiary alicyclic amines) is 1. The predicted octanol–water partition coefficient (Wildman–Crippen LogP) is 1.38. The molecule has 2 heterocycles. The second-order valence-electron chi connectivity index (χ2n) is 6.13. The zero-order valence-electron chi connectivity index (χ0n) is 12.7. The lowest BCUT2D eigenvalue weighted by atomic mass is 9.98. The molecule has 2 aliphatic heterocycles. The number of hydrogen-bond donors (Lipinski definition) is 1. The van der Waals surface area contributed by atoms with E-state index in [1.54, 1.807) is 24.3 Å². The van der Waals surface area contributed by atoms with Crippen LogP contribution in [0.2, 0.25) is 0 Å². The van der Waals surface area contributed by atoms with Gasteiger partial charge < -0.3 is 10.0 Å². The van der Waals surface area contributed by atoms with Gasteiger partial charge in [-0.3, -0.25) is 14.5 Å². The summed E-state index contributed by atoms with van der Waals surface area (Å²) in [6.45, 7) is 3.64. The Labute approximate surface area is 130 Å². The van der Waals surface area contributed by atoms with Crippen LogP contribution in [0, 0.1) is 5.92 Å². The molecule has 1 N–H and O–H groups in total. The van der Waals surface area contributed by atoms with Gasteiger partial charge >= 0.3 is 0 Å². The zero-order chi connectivity index (χ0) is 15.5. The van der Waals surface area contributed by atoms with Gasteiger partial charge in [-0.15, -0.1) is 0 Å². The fourth-order valence-corrected chi connectivity index (χ4v) is 3.29. The van der Waals surface area contributed by atoms with Crippen LogP contribution in [-0.4, -0.2) is 59.5 Å². The molecule has 0 aliphatic carbocycles. The summed E-state index contributed by atoms with van der Waals surface area (Å²) in [5.74, 6) is 0.103. The van der Waals surface area contributed by atoms with Gasteiger partial charge in [-0.05, 0) is 56.9 Å². The maximum Gasteiger partial charge on any atom is 0.261 e. The first kappa shape index (κ1) is 15.2. The molecule has 5 nitrogen and oxygen atoms in total. The average Bonchev–Trinajstić information content (AvgIpc) is 2.81. The highest BCUT2D eigenvalue weighted by Crippen LogP contribution is 2.23. The summed E-state index contributed by atoms with van der Waals surface area (Å²) in [5, 5.41) is 9.14. The van der Waals surface area contributed by atoms with Crippen molar-refractivity contribution in [3.63, 3.8) is 0 Å². The first-order chi connectivity index (χ1) is 10.7. The van der Waals surface area contributed by atoms with E-state index in [0.29, 0.717) is 23.6 Å². The number of fused-ring (bicyclic) bond motifs is 1. The molecular weight excluding hydrogens is 280 g/mol. The van der Waals surface area contributed by atoms with Gasteiger partial charge in [0.25, 0.3) is 11.8 Å². The van der Waals surface area contributed by atoms with Crippen molar-refractivity contribution in [1.29, 1.82) is 0 Å². The molecule has 0 unspecified atom stereocenters. The summed E-state index contributed by atoms with van der Waals surface area (Å²) >= 11 is 0. The molecule has 1 aromatic carbocycles. The van der Waals surface area contributed by atoms with Crippen LogP contribution in [0.25, 0.3) is 0 Å². The fourth-order valence-electron chi connectivity index (χ4n) is 3.29. The van der Waals surface area contributed by atoms with Crippen molar-refractivity contribution in [3.05, 3.63) is 35.4 Å². The van der Waals surface area contributed by atoms with Crippen molar-refractivity contribution < 1.29 is 14.7 Å². The van der Waals surface area contributed by atoms with Gasteiger partial charge in [0, 0.05) is 13.2 Å². The maximum absolute atomic E-state index is 12.2. The third-order valence-electron chi connectivity index (χ3n) is 4.70. The van der Waals surface area contributed by atoms with E-state index < -0.39 is 0 Å². The summed E-state index contributed by atoms with van der Waals surface area (Å²) in [6.07, 6.45) is 2.86.